The molecule has 0 aliphatic carbocycles. The third-order valence-corrected chi connectivity index (χ3v) is 6.99. The molecule has 1 saturated heterocycles. The van der Waals surface area contributed by atoms with Gasteiger partial charge in [0.25, 0.3) is 0 Å². The van der Waals surface area contributed by atoms with Gasteiger partial charge in [0.2, 0.25) is 5.91 Å². The molecular weight excluding hydrogens is 443 g/mol. The van der Waals surface area contributed by atoms with Crippen molar-refractivity contribution in [2.75, 3.05) is 18.0 Å². The zero-order valence-corrected chi connectivity index (χ0v) is 20.3. The van der Waals surface area contributed by atoms with Crippen molar-refractivity contribution in [1.29, 1.82) is 0 Å². The lowest BCUT2D eigenvalue weighted by Gasteiger charge is -2.39. The van der Waals surface area contributed by atoms with E-state index >= 15 is 0 Å². The van der Waals surface area contributed by atoms with Crippen molar-refractivity contribution < 1.29 is 9.18 Å². The van der Waals surface area contributed by atoms with Crippen LogP contribution in [-0.2, 0) is 18.4 Å². The largest absolute Gasteiger partial charge is 0.354 e. The van der Waals surface area contributed by atoms with Gasteiger partial charge in [0.1, 0.15) is 11.5 Å². The third kappa shape index (κ3) is 4.48. The number of amides is 1. The van der Waals surface area contributed by atoms with Crippen molar-refractivity contribution in [3.63, 3.8) is 0 Å². The SMILES string of the molecule is CC(=O)N(Cc1ccc(F)cc1C)C1CCN(c2nnc(-c3ccnn3C)c3ccccc23)CC1. The number of carbonyl (C=O) groups is 1. The van der Waals surface area contributed by atoms with E-state index in [-0.39, 0.29) is 17.8 Å². The molecule has 5 rings (SSSR count). The number of halogens is 1. The number of benzene rings is 2. The molecule has 0 spiro atoms. The Kier molecular flexibility index (Phi) is 6.19. The van der Waals surface area contributed by atoms with Crippen LogP contribution in [0.4, 0.5) is 10.2 Å². The molecule has 7 nitrogen and oxygen atoms in total. The number of piperidine rings is 1. The lowest BCUT2D eigenvalue weighted by atomic mass is 10.00. The number of nitrogens with zero attached hydrogens (tertiary/aromatic N) is 6. The first-order valence-electron chi connectivity index (χ1n) is 11.9. The zero-order valence-electron chi connectivity index (χ0n) is 20.3. The number of anilines is 1. The minimum Gasteiger partial charge on any atom is -0.354 e. The van der Waals surface area contributed by atoms with E-state index < -0.39 is 0 Å². The second-order valence-electron chi connectivity index (χ2n) is 9.19. The molecular formula is C27H29FN6O. The fraction of sp³-hybridized carbons (Fsp3) is 0.333. The molecule has 0 bridgehead atoms. The van der Waals surface area contributed by atoms with E-state index in [1.54, 1.807) is 23.9 Å². The summed E-state index contributed by atoms with van der Waals surface area (Å²) in [5, 5.41) is 15.6. The summed E-state index contributed by atoms with van der Waals surface area (Å²) in [5.41, 5.74) is 3.58. The summed E-state index contributed by atoms with van der Waals surface area (Å²) in [6, 6.07) is 15.0. The highest BCUT2D eigenvalue weighted by atomic mass is 19.1. The van der Waals surface area contributed by atoms with Gasteiger partial charge in [0, 0.05) is 56.6 Å². The van der Waals surface area contributed by atoms with Crippen LogP contribution in [0.2, 0.25) is 0 Å². The Morgan fingerprint density at radius 2 is 1.83 bits per heavy atom. The van der Waals surface area contributed by atoms with Crippen LogP contribution in [0, 0.1) is 12.7 Å². The van der Waals surface area contributed by atoms with Crippen LogP contribution < -0.4 is 4.90 Å². The van der Waals surface area contributed by atoms with Gasteiger partial charge in [-0.15, -0.1) is 10.2 Å². The summed E-state index contributed by atoms with van der Waals surface area (Å²) in [5.74, 6) is 0.656. The van der Waals surface area contributed by atoms with E-state index in [2.05, 4.69) is 32.3 Å². The van der Waals surface area contributed by atoms with E-state index in [1.807, 2.05) is 37.1 Å². The van der Waals surface area contributed by atoms with Crippen LogP contribution in [0.5, 0.6) is 0 Å². The Hall–Kier alpha value is -3.81. The second-order valence-corrected chi connectivity index (χ2v) is 9.19. The second kappa shape index (κ2) is 9.44. The smallest absolute Gasteiger partial charge is 0.219 e. The lowest BCUT2D eigenvalue weighted by Crippen LogP contribution is -2.46. The number of aryl methyl sites for hydroxylation is 2. The molecule has 0 atom stereocenters. The fourth-order valence-corrected chi connectivity index (χ4v) is 5.03. The van der Waals surface area contributed by atoms with Crippen molar-refractivity contribution in [3.8, 4) is 11.4 Å². The van der Waals surface area contributed by atoms with Gasteiger partial charge >= 0.3 is 0 Å². The number of hydrogen-bond donors (Lipinski definition) is 0. The predicted molar refractivity (Wildman–Crippen MR) is 134 cm³/mol. The molecule has 0 unspecified atom stereocenters. The molecule has 1 aliphatic rings. The molecule has 1 amide bonds. The van der Waals surface area contributed by atoms with Gasteiger partial charge in [-0.05, 0) is 49.1 Å². The molecule has 180 valence electrons. The normalized spacial score (nSPS) is 14.5. The van der Waals surface area contributed by atoms with Crippen molar-refractivity contribution in [2.45, 2.75) is 39.3 Å². The van der Waals surface area contributed by atoms with Gasteiger partial charge in [0.05, 0.1) is 5.69 Å². The topological polar surface area (TPSA) is 67.2 Å². The van der Waals surface area contributed by atoms with Crippen LogP contribution in [0.25, 0.3) is 22.2 Å². The van der Waals surface area contributed by atoms with Crippen molar-refractivity contribution in [3.05, 3.63) is 71.7 Å². The standard InChI is InChI=1S/C27H29FN6O/c1-18-16-21(28)9-8-20(18)17-34(19(2)35)22-11-14-33(15-12-22)27-24-7-5-4-6-23(24)26(30-31-27)25-10-13-29-32(25)3/h4-10,13,16,22H,11-12,14-15,17H2,1-3H3. The Morgan fingerprint density at radius 3 is 2.49 bits per heavy atom. The molecule has 2 aromatic heterocycles. The highest BCUT2D eigenvalue weighted by Crippen LogP contribution is 2.33. The number of fused-ring (bicyclic) bond motifs is 1. The summed E-state index contributed by atoms with van der Waals surface area (Å²) in [6.07, 6.45) is 3.43. The Bertz CT molecular complexity index is 1380. The van der Waals surface area contributed by atoms with E-state index in [9.17, 15) is 9.18 Å². The Labute approximate surface area is 204 Å². The number of rotatable bonds is 5. The first kappa shape index (κ1) is 23.0. The maximum absolute atomic E-state index is 13.5. The van der Waals surface area contributed by atoms with E-state index in [1.165, 1.54) is 12.1 Å². The summed E-state index contributed by atoms with van der Waals surface area (Å²) in [6.45, 7) is 5.55. The van der Waals surface area contributed by atoms with Crippen LogP contribution in [-0.4, -0.2) is 49.9 Å². The van der Waals surface area contributed by atoms with E-state index in [4.69, 9.17) is 0 Å². The van der Waals surface area contributed by atoms with E-state index in [0.29, 0.717) is 6.54 Å². The van der Waals surface area contributed by atoms with Gasteiger partial charge < -0.3 is 9.80 Å². The van der Waals surface area contributed by atoms with Crippen molar-refractivity contribution >= 4 is 22.5 Å². The molecule has 35 heavy (non-hydrogen) atoms. The lowest BCUT2D eigenvalue weighted by molar-refractivity contribution is -0.132. The highest BCUT2D eigenvalue weighted by Gasteiger charge is 2.28. The number of aromatic nitrogens is 4. The molecule has 0 saturated carbocycles. The zero-order chi connectivity index (χ0) is 24.5. The van der Waals surface area contributed by atoms with Crippen molar-refractivity contribution in [2.24, 2.45) is 7.05 Å². The summed E-state index contributed by atoms with van der Waals surface area (Å²) >= 11 is 0. The first-order chi connectivity index (χ1) is 16.9. The van der Waals surface area contributed by atoms with Gasteiger partial charge in [-0.2, -0.15) is 5.10 Å². The quantitative estimate of drug-likeness (QED) is 0.428. The maximum Gasteiger partial charge on any atom is 0.219 e. The molecule has 4 aromatic rings. The maximum atomic E-state index is 13.5. The van der Waals surface area contributed by atoms with Crippen LogP contribution >= 0.6 is 0 Å². The van der Waals surface area contributed by atoms with Crippen LogP contribution in [0.1, 0.15) is 30.9 Å². The third-order valence-electron chi connectivity index (χ3n) is 6.99. The summed E-state index contributed by atoms with van der Waals surface area (Å²) in [4.78, 5) is 16.7. The van der Waals surface area contributed by atoms with E-state index in [0.717, 1.165) is 65.0 Å². The van der Waals surface area contributed by atoms with Crippen molar-refractivity contribution in [1.82, 2.24) is 24.9 Å². The van der Waals surface area contributed by atoms with Gasteiger partial charge in [0.15, 0.2) is 5.82 Å². The summed E-state index contributed by atoms with van der Waals surface area (Å²) < 4.78 is 15.3. The van der Waals surface area contributed by atoms with Crippen LogP contribution in [0.15, 0.2) is 54.7 Å². The molecule has 2 aromatic carbocycles. The molecule has 1 fully saturated rings. The molecule has 0 N–H and O–H groups in total. The number of hydrogen-bond acceptors (Lipinski definition) is 5. The first-order valence-corrected chi connectivity index (χ1v) is 11.9. The van der Waals surface area contributed by atoms with Gasteiger partial charge in [-0.3, -0.25) is 9.48 Å². The average molecular weight is 473 g/mol. The average Bonchev–Trinajstić information content (AvgIpc) is 3.28. The number of carbonyl (C=O) groups excluding carboxylic acids is 1. The minimum absolute atomic E-state index is 0.0398. The Morgan fingerprint density at radius 1 is 1.09 bits per heavy atom. The molecule has 8 heteroatoms. The summed E-state index contributed by atoms with van der Waals surface area (Å²) in [7, 11) is 1.90. The molecule has 3 heterocycles. The van der Waals surface area contributed by atoms with Gasteiger partial charge in [-0.1, -0.05) is 30.3 Å². The molecule has 0 radical (unpaired) electrons. The fourth-order valence-electron chi connectivity index (χ4n) is 5.03. The molecule has 1 aliphatic heterocycles. The van der Waals surface area contributed by atoms with Crippen LogP contribution in [0.3, 0.4) is 0 Å². The predicted octanol–water partition coefficient (Wildman–Crippen LogP) is 4.50. The minimum atomic E-state index is -0.253. The highest BCUT2D eigenvalue weighted by molar-refractivity contribution is 5.99. The van der Waals surface area contributed by atoms with Gasteiger partial charge in [-0.25, -0.2) is 4.39 Å². The monoisotopic (exact) mass is 472 g/mol. The Balaban J connectivity index is 1.37.